The van der Waals surface area contributed by atoms with Gasteiger partial charge in [-0.3, -0.25) is 4.79 Å². The normalized spacial score (nSPS) is 18.0. The Bertz CT molecular complexity index is 518. The van der Waals surface area contributed by atoms with Gasteiger partial charge in [-0.1, -0.05) is 18.2 Å². The molecule has 2 aliphatic rings. The molecule has 1 heterocycles. The Labute approximate surface area is 125 Å². The van der Waals surface area contributed by atoms with Crippen molar-refractivity contribution in [1.29, 1.82) is 0 Å². The molecule has 2 N–H and O–H groups in total. The smallest absolute Gasteiger partial charge is 0.257 e. The number of hydrogen-bond donors (Lipinski definition) is 2. The molecule has 0 spiro atoms. The molecule has 0 bridgehead atoms. The molecule has 1 fully saturated rings. The highest BCUT2D eigenvalue weighted by Gasteiger charge is 2.21. The molecular formula is C17H22N2O2. The van der Waals surface area contributed by atoms with Crippen LogP contribution >= 0.6 is 0 Å². The maximum absolute atomic E-state index is 11.6. The fourth-order valence-electron chi connectivity index (χ4n) is 2.43. The molecule has 1 amide bonds. The lowest BCUT2D eigenvalue weighted by Gasteiger charge is -2.14. The molecule has 0 unspecified atom stereocenters. The van der Waals surface area contributed by atoms with Crippen LogP contribution in [0, 0.1) is 5.92 Å². The predicted molar refractivity (Wildman–Crippen MR) is 83.1 cm³/mol. The van der Waals surface area contributed by atoms with Crippen LogP contribution in [0.3, 0.4) is 0 Å². The second kappa shape index (κ2) is 6.76. The quantitative estimate of drug-likeness (QED) is 0.840. The van der Waals surface area contributed by atoms with Crippen LogP contribution in [-0.4, -0.2) is 32.1 Å². The molecular weight excluding hydrogens is 264 g/mol. The summed E-state index contributed by atoms with van der Waals surface area (Å²) in [4.78, 5) is 11.6. The molecule has 1 aromatic rings. The van der Waals surface area contributed by atoms with Gasteiger partial charge in [0.05, 0.1) is 0 Å². The van der Waals surface area contributed by atoms with E-state index in [-0.39, 0.29) is 12.5 Å². The van der Waals surface area contributed by atoms with Crippen molar-refractivity contribution in [3.8, 4) is 5.75 Å². The Balaban J connectivity index is 1.47. The fourth-order valence-corrected chi connectivity index (χ4v) is 2.43. The number of rotatable bonds is 6. The molecule has 21 heavy (non-hydrogen) atoms. The highest BCUT2D eigenvalue weighted by Crippen LogP contribution is 2.27. The van der Waals surface area contributed by atoms with Crippen molar-refractivity contribution >= 4 is 11.5 Å². The lowest BCUT2D eigenvalue weighted by molar-refractivity contribution is -0.123. The Morgan fingerprint density at radius 1 is 1.29 bits per heavy atom. The molecule has 0 aromatic heterocycles. The average molecular weight is 286 g/mol. The molecule has 1 aromatic carbocycles. The van der Waals surface area contributed by atoms with Gasteiger partial charge in [-0.2, -0.15) is 0 Å². The minimum atomic E-state index is -0.0351. The van der Waals surface area contributed by atoms with Crippen molar-refractivity contribution in [3.63, 3.8) is 0 Å². The van der Waals surface area contributed by atoms with Gasteiger partial charge in [-0.05, 0) is 55.0 Å². The summed E-state index contributed by atoms with van der Waals surface area (Å²) in [6.07, 6.45) is 5.77. The number of carbonyl (C=O) groups is 1. The molecule has 1 aliphatic heterocycles. The Morgan fingerprint density at radius 2 is 2.10 bits per heavy atom. The second-order valence-electron chi connectivity index (χ2n) is 5.74. The summed E-state index contributed by atoms with van der Waals surface area (Å²) in [6.45, 7) is 2.86. The van der Waals surface area contributed by atoms with Gasteiger partial charge in [0, 0.05) is 13.1 Å². The first-order valence-corrected chi connectivity index (χ1v) is 7.71. The van der Waals surface area contributed by atoms with Crippen LogP contribution in [0.15, 0.2) is 30.3 Å². The van der Waals surface area contributed by atoms with E-state index >= 15 is 0 Å². The van der Waals surface area contributed by atoms with E-state index in [1.807, 2.05) is 12.1 Å². The van der Waals surface area contributed by atoms with Crippen molar-refractivity contribution in [2.45, 2.75) is 19.3 Å². The third-order valence-corrected chi connectivity index (χ3v) is 3.94. The molecule has 1 saturated carbocycles. The number of ether oxygens (including phenoxy) is 1. The minimum Gasteiger partial charge on any atom is -0.484 e. The summed E-state index contributed by atoms with van der Waals surface area (Å²) in [5.41, 5.74) is 2.62. The summed E-state index contributed by atoms with van der Waals surface area (Å²) in [5.74, 6) is 1.41. The summed E-state index contributed by atoms with van der Waals surface area (Å²) < 4.78 is 5.52. The fraction of sp³-hybridized carbons (Fsp3) is 0.471. The first-order chi connectivity index (χ1) is 10.3. The van der Waals surface area contributed by atoms with Gasteiger partial charge in [-0.25, -0.2) is 0 Å². The van der Waals surface area contributed by atoms with Gasteiger partial charge in [-0.15, -0.1) is 0 Å². The molecule has 0 atom stereocenters. The van der Waals surface area contributed by atoms with Gasteiger partial charge in [0.25, 0.3) is 5.91 Å². The Hall–Kier alpha value is -1.81. The summed E-state index contributed by atoms with van der Waals surface area (Å²) in [6, 6.07) is 8.00. The zero-order chi connectivity index (χ0) is 14.5. The highest BCUT2D eigenvalue weighted by atomic mass is 16.5. The van der Waals surface area contributed by atoms with Gasteiger partial charge in [0.15, 0.2) is 6.61 Å². The average Bonchev–Trinajstić information content (AvgIpc) is 3.37. The first-order valence-electron chi connectivity index (χ1n) is 7.71. The van der Waals surface area contributed by atoms with Crippen LogP contribution < -0.4 is 15.4 Å². The number of nitrogens with one attached hydrogen (secondary N) is 2. The van der Waals surface area contributed by atoms with E-state index in [4.69, 9.17) is 4.74 Å². The molecule has 0 radical (unpaired) electrons. The van der Waals surface area contributed by atoms with E-state index in [9.17, 15) is 4.79 Å². The monoisotopic (exact) mass is 286 g/mol. The number of carbonyl (C=O) groups excluding carboxylic acids is 1. The van der Waals surface area contributed by atoms with E-state index in [1.54, 1.807) is 0 Å². The summed E-state index contributed by atoms with van der Waals surface area (Å²) in [5, 5.41) is 6.21. The first kappa shape index (κ1) is 14.1. The van der Waals surface area contributed by atoms with Gasteiger partial charge in [0.1, 0.15) is 5.75 Å². The van der Waals surface area contributed by atoms with Crippen LogP contribution in [-0.2, 0) is 4.79 Å². The molecule has 3 rings (SSSR count). The summed E-state index contributed by atoms with van der Waals surface area (Å²) in [7, 11) is 0. The van der Waals surface area contributed by atoms with Gasteiger partial charge in [0.2, 0.25) is 0 Å². The Kier molecular flexibility index (Phi) is 4.55. The standard InChI is InChI=1S/C17H22N2O2/c20-17(19-11-13-1-2-13)12-21-16-5-3-14(4-6-16)15-7-9-18-10-8-15/h3-7,13,18H,1-2,8-12H2,(H,19,20). The van der Waals surface area contributed by atoms with Crippen molar-refractivity contribution in [2.75, 3.05) is 26.2 Å². The van der Waals surface area contributed by atoms with Crippen molar-refractivity contribution < 1.29 is 9.53 Å². The van der Waals surface area contributed by atoms with E-state index in [2.05, 4.69) is 28.8 Å². The van der Waals surface area contributed by atoms with Gasteiger partial charge >= 0.3 is 0 Å². The molecule has 4 heteroatoms. The van der Waals surface area contributed by atoms with Crippen LogP contribution in [0.1, 0.15) is 24.8 Å². The van der Waals surface area contributed by atoms with Crippen molar-refractivity contribution in [3.05, 3.63) is 35.9 Å². The number of amides is 1. The zero-order valence-electron chi connectivity index (χ0n) is 12.2. The van der Waals surface area contributed by atoms with Crippen LogP contribution in [0.4, 0.5) is 0 Å². The number of hydrogen-bond acceptors (Lipinski definition) is 3. The largest absolute Gasteiger partial charge is 0.484 e. The van der Waals surface area contributed by atoms with E-state index in [0.717, 1.165) is 31.8 Å². The van der Waals surface area contributed by atoms with Crippen molar-refractivity contribution in [1.82, 2.24) is 10.6 Å². The third-order valence-electron chi connectivity index (χ3n) is 3.94. The Morgan fingerprint density at radius 3 is 2.76 bits per heavy atom. The van der Waals surface area contributed by atoms with Crippen molar-refractivity contribution in [2.24, 2.45) is 5.92 Å². The minimum absolute atomic E-state index is 0.0351. The highest BCUT2D eigenvalue weighted by molar-refractivity contribution is 5.77. The summed E-state index contributed by atoms with van der Waals surface area (Å²) >= 11 is 0. The number of benzene rings is 1. The molecule has 4 nitrogen and oxygen atoms in total. The van der Waals surface area contributed by atoms with E-state index in [1.165, 1.54) is 24.0 Å². The van der Waals surface area contributed by atoms with E-state index < -0.39 is 0 Å². The van der Waals surface area contributed by atoms with Crippen LogP contribution in [0.5, 0.6) is 5.75 Å². The maximum atomic E-state index is 11.6. The molecule has 112 valence electrons. The van der Waals surface area contributed by atoms with Gasteiger partial charge < -0.3 is 15.4 Å². The molecule has 0 saturated heterocycles. The zero-order valence-corrected chi connectivity index (χ0v) is 12.2. The van der Waals surface area contributed by atoms with Crippen LogP contribution in [0.25, 0.3) is 5.57 Å². The lowest BCUT2D eigenvalue weighted by Crippen LogP contribution is -2.30. The molecule has 1 aliphatic carbocycles. The maximum Gasteiger partial charge on any atom is 0.257 e. The SMILES string of the molecule is O=C(COc1ccc(C2=CCNCC2)cc1)NCC1CC1. The lowest BCUT2D eigenvalue weighted by atomic mass is 10.0. The predicted octanol–water partition coefficient (Wildman–Crippen LogP) is 1.97. The van der Waals surface area contributed by atoms with Crippen LogP contribution in [0.2, 0.25) is 0 Å². The third kappa shape index (κ3) is 4.33. The van der Waals surface area contributed by atoms with E-state index in [0.29, 0.717) is 5.92 Å². The topological polar surface area (TPSA) is 50.4 Å². The second-order valence-corrected chi connectivity index (χ2v) is 5.74.